The van der Waals surface area contributed by atoms with Gasteiger partial charge in [-0.15, -0.1) is 6.58 Å². The first-order valence-corrected chi connectivity index (χ1v) is 12.5. The molecular weight excluding hydrogens is 530 g/mol. The van der Waals surface area contributed by atoms with Crippen molar-refractivity contribution in [3.05, 3.63) is 12.7 Å². The van der Waals surface area contributed by atoms with E-state index in [2.05, 4.69) is 22.5 Å². The molecule has 0 fully saturated rings. The fourth-order valence-electron chi connectivity index (χ4n) is 2.86. The van der Waals surface area contributed by atoms with Gasteiger partial charge in [0.2, 0.25) is 17.7 Å². The average molecular weight is 574 g/mol. The summed E-state index contributed by atoms with van der Waals surface area (Å²) < 4.78 is 16.0. The molecule has 3 atom stereocenters. The minimum absolute atomic E-state index is 0.177. The van der Waals surface area contributed by atoms with E-state index in [4.69, 9.17) is 30.8 Å². The monoisotopic (exact) mass is 573 g/mol. The number of amides is 4. The van der Waals surface area contributed by atoms with Crippen LogP contribution in [-0.2, 0) is 43.0 Å². The molecule has 0 spiro atoms. The van der Waals surface area contributed by atoms with Gasteiger partial charge in [-0.1, -0.05) is 6.08 Å². The van der Waals surface area contributed by atoms with E-state index in [1.54, 1.807) is 41.5 Å². The number of aliphatic carboxylic acids is 1. The first-order valence-electron chi connectivity index (χ1n) is 12.5. The number of carboxylic acid groups (broad SMARTS) is 1. The van der Waals surface area contributed by atoms with Crippen LogP contribution >= 0.6 is 0 Å². The van der Waals surface area contributed by atoms with E-state index in [-0.39, 0.29) is 13.2 Å². The number of ether oxygens (including phenoxy) is 3. The Kier molecular flexibility index (Phi) is 14.5. The van der Waals surface area contributed by atoms with Crippen LogP contribution in [0.2, 0.25) is 0 Å². The van der Waals surface area contributed by atoms with Crippen LogP contribution < -0.4 is 27.4 Å². The van der Waals surface area contributed by atoms with Crippen LogP contribution in [-0.4, -0.2) is 89.4 Å². The van der Waals surface area contributed by atoms with Gasteiger partial charge in [-0.2, -0.15) is 0 Å². The molecule has 0 saturated carbocycles. The molecule has 0 bridgehead atoms. The van der Waals surface area contributed by atoms with Crippen molar-refractivity contribution in [2.75, 3.05) is 19.8 Å². The fourth-order valence-corrected chi connectivity index (χ4v) is 2.86. The predicted molar refractivity (Wildman–Crippen MR) is 142 cm³/mol. The van der Waals surface area contributed by atoms with Gasteiger partial charge in [-0.05, 0) is 41.5 Å². The lowest BCUT2D eigenvalue weighted by atomic mass is 10.1. The van der Waals surface area contributed by atoms with Crippen molar-refractivity contribution < 1.29 is 48.1 Å². The number of esters is 1. The van der Waals surface area contributed by atoms with Crippen molar-refractivity contribution in [2.45, 2.75) is 89.8 Å². The Hall–Kier alpha value is -3.56. The molecule has 0 aliphatic carbocycles. The van der Waals surface area contributed by atoms with Gasteiger partial charge >= 0.3 is 11.9 Å². The summed E-state index contributed by atoms with van der Waals surface area (Å²) in [5.41, 5.74) is 7.65. The van der Waals surface area contributed by atoms with E-state index in [9.17, 15) is 28.8 Å². The maximum absolute atomic E-state index is 13.0. The van der Waals surface area contributed by atoms with E-state index in [1.165, 1.54) is 6.08 Å². The number of carbonyl (C=O) groups excluding carboxylic acids is 5. The molecule has 40 heavy (non-hydrogen) atoms. The van der Waals surface area contributed by atoms with Crippen molar-refractivity contribution in [3.8, 4) is 0 Å². The topological polar surface area (TPSA) is 238 Å². The highest BCUT2D eigenvalue weighted by molar-refractivity contribution is 5.94. The summed E-state index contributed by atoms with van der Waals surface area (Å²) in [6.45, 7) is 12.3. The summed E-state index contributed by atoms with van der Waals surface area (Å²) in [5.74, 6) is -5.69. The molecule has 8 N–H and O–H groups in total. The zero-order valence-corrected chi connectivity index (χ0v) is 24.0. The Morgan fingerprint density at radius 3 is 2.02 bits per heavy atom. The molecule has 0 aromatic rings. The lowest BCUT2D eigenvalue weighted by Gasteiger charge is -2.30. The third-order valence-electron chi connectivity index (χ3n) is 4.75. The van der Waals surface area contributed by atoms with Crippen LogP contribution in [0.1, 0.15) is 60.8 Å². The zero-order chi connectivity index (χ0) is 31.3. The molecule has 0 aliphatic heterocycles. The Labute approximate surface area is 233 Å². The largest absolute Gasteiger partial charge is 0.481 e. The van der Waals surface area contributed by atoms with Crippen LogP contribution in [0.4, 0.5) is 0 Å². The molecule has 15 nitrogen and oxygen atoms in total. The van der Waals surface area contributed by atoms with Crippen LogP contribution in [0.15, 0.2) is 12.7 Å². The molecular formula is C25H43N5O10. The number of hydrogen-bond acceptors (Lipinski definition) is 10. The van der Waals surface area contributed by atoms with Crippen molar-refractivity contribution in [1.29, 1.82) is 0 Å². The normalized spacial score (nSPS) is 14.6. The lowest BCUT2D eigenvalue weighted by Crippen LogP contribution is -2.61. The lowest BCUT2D eigenvalue weighted by molar-refractivity contribution is -0.156. The highest BCUT2D eigenvalue weighted by Crippen LogP contribution is 2.14. The second-order valence-corrected chi connectivity index (χ2v) is 10.9. The van der Waals surface area contributed by atoms with E-state index < -0.39 is 90.4 Å². The van der Waals surface area contributed by atoms with Gasteiger partial charge in [0, 0.05) is 12.8 Å². The highest BCUT2D eigenvalue weighted by Gasteiger charge is 2.38. The van der Waals surface area contributed by atoms with Crippen LogP contribution in [0.3, 0.4) is 0 Å². The molecule has 0 aliphatic rings. The second-order valence-electron chi connectivity index (χ2n) is 10.9. The zero-order valence-electron chi connectivity index (χ0n) is 24.0. The van der Waals surface area contributed by atoms with Gasteiger partial charge in [0.25, 0.3) is 5.91 Å². The third kappa shape index (κ3) is 15.8. The Morgan fingerprint density at radius 2 is 1.55 bits per heavy atom. The third-order valence-corrected chi connectivity index (χ3v) is 4.75. The quantitative estimate of drug-likeness (QED) is 0.0688. The molecule has 0 aromatic heterocycles. The first kappa shape index (κ1) is 36.4. The maximum atomic E-state index is 13.0. The van der Waals surface area contributed by atoms with Crippen LogP contribution in [0, 0.1) is 0 Å². The standard InChI is InChI=1S/C25H43N5O10/c1-8-11-38-25(27,10-9-18(32)33)22(37)30-16(14-39-23(2,3)4)21(36)28-13-17(31)29-15(20(26)35)12-19(34)40-24(5,6)7/h8,15-16H,1,9-14,27H2,2-7H3,(H2,26,35)(H,28,36)(H,29,31)(H,30,37)(H,32,33)/t15-,16+,25+/m0/s1. The highest BCUT2D eigenvalue weighted by atomic mass is 16.6. The number of nitrogens with two attached hydrogens (primary N) is 2. The van der Waals surface area contributed by atoms with Gasteiger partial charge in [0.15, 0.2) is 5.72 Å². The van der Waals surface area contributed by atoms with Crippen molar-refractivity contribution in [3.63, 3.8) is 0 Å². The molecule has 0 rings (SSSR count). The molecule has 0 radical (unpaired) electrons. The molecule has 0 heterocycles. The molecule has 4 amide bonds. The van der Waals surface area contributed by atoms with E-state index >= 15 is 0 Å². The van der Waals surface area contributed by atoms with E-state index in [0.29, 0.717) is 0 Å². The summed E-state index contributed by atoms with van der Waals surface area (Å²) in [5, 5.41) is 15.9. The van der Waals surface area contributed by atoms with Gasteiger partial charge in [-0.25, -0.2) is 0 Å². The van der Waals surface area contributed by atoms with Crippen molar-refractivity contribution >= 4 is 35.6 Å². The maximum Gasteiger partial charge on any atom is 0.308 e. The van der Waals surface area contributed by atoms with Gasteiger partial charge in [0.1, 0.15) is 17.7 Å². The number of primary amides is 1. The summed E-state index contributed by atoms with van der Waals surface area (Å²) >= 11 is 0. The minimum atomic E-state index is -2.11. The van der Waals surface area contributed by atoms with Gasteiger partial charge in [0.05, 0.1) is 31.8 Å². The molecule has 0 aromatic carbocycles. The van der Waals surface area contributed by atoms with Crippen molar-refractivity contribution in [2.24, 2.45) is 11.5 Å². The molecule has 228 valence electrons. The summed E-state index contributed by atoms with van der Waals surface area (Å²) in [6, 6.07) is -2.78. The summed E-state index contributed by atoms with van der Waals surface area (Å²) in [6.07, 6.45) is -0.126. The Morgan fingerprint density at radius 1 is 0.950 bits per heavy atom. The number of carboxylic acids is 1. The molecule has 15 heteroatoms. The second kappa shape index (κ2) is 15.9. The summed E-state index contributed by atoms with van der Waals surface area (Å²) in [4.78, 5) is 73.1. The number of nitrogens with one attached hydrogen (secondary N) is 3. The number of carbonyl (C=O) groups is 6. The number of hydrogen-bond donors (Lipinski definition) is 6. The molecule has 0 saturated heterocycles. The van der Waals surface area contributed by atoms with Crippen LogP contribution in [0.25, 0.3) is 0 Å². The fraction of sp³-hybridized carbons (Fsp3) is 0.680. The Balaban J connectivity index is 5.49. The predicted octanol–water partition coefficient (Wildman–Crippen LogP) is -1.17. The van der Waals surface area contributed by atoms with E-state index in [0.717, 1.165) is 0 Å². The average Bonchev–Trinajstić information content (AvgIpc) is 2.79. The minimum Gasteiger partial charge on any atom is -0.481 e. The smallest absolute Gasteiger partial charge is 0.308 e. The SMILES string of the molecule is C=CCO[C@](N)(CCC(=O)O)C(=O)N[C@H](COC(C)(C)C)C(=O)NCC(=O)N[C@@H](CC(=O)OC(C)(C)C)C(N)=O. The number of rotatable bonds is 17. The Bertz CT molecular complexity index is 941. The van der Waals surface area contributed by atoms with Crippen molar-refractivity contribution in [1.82, 2.24) is 16.0 Å². The van der Waals surface area contributed by atoms with Crippen LogP contribution in [0.5, 0.6) is 0 Å². The van der Waals surface area contributed by atoms with Gasteiger partial charge < -0.3 is 41.0 Å². The summed E-state index contributed by atoms with van der Waals surface area (Å²) in [7, 11) is 0. The molecule has 0 unspecified atom stereocenters. The van der Waals surface area contributed by atoms with E-state index in [1.807, 2.05) is 0 Å². The van der Waals surface area contributed by atoms with Gasteiger partial charge in [-0.3, -0.25) is 34.5 Å². The first-order chi connectivity index (χ1) is 18.2.